The molecule has 13 heteroatoms. The maximum absolute atomic E-state index is 13.6. The third kappa shape index (κ3) is 6.02. The number of alkyl halides is 3. The van der Waals surface area contributed by atoms with Gasteiger partial charge in [0.1, 0.15) is 0 Å². The van der Waals surface area contributed by atoms with Crippen LogP contribution in [0.4, 0.5) is 13.2 Å². The van der Waals surface area contributed by atoms with E-state index in [2.05, 4.69) is 4.72 Å². The van der Waals surface area contributed by atoms with Gasteiger partial charge in [-0.25, -0.2) is 26.4 Å². The Bertz CT molecular complexity index is 1320. The van der Waals surface area contributed by atoms with Crippen molar-refractivity contribution in [3.63, 3.8) is 0 Å². The highest BCUT2D eigenvalue weighted by Crippen LogP contribution is 2.36. The van der Waals surface area contributed by atoms with Gasteiger partial charge in [-0.2, -0.15) is 17.5 Å². The molecule has 192 valence electrons. The van der Waals surface area contributed by atoms with Gasteiger partial charge in [-0.1, -0.05) is 26.0 Å². The molecule has 1 fully saturated rings. The minimum absolute atomic E-state index is 0.0303. The number of aromatic carboxylic acids is 1. The van der Waals surface area contributed by atoms with E-state index in [0.717, 1.165) is 22.5 Å². The number of sulfonamides is 2. The molecule has 0 unspecified atom stereocenters. The average Bonchev–Trinajstić information content (AvgIpc) is 2.78. The number of nitrogens with one attached hydrogen (secondary N) is 1. The number of carbonyl (C=O) groups is 1. The average molecular weight is 535 g/mol. The van der Waals surface area contributed by atoms with Crippen molar-refractivity contribution in [2.75, 3.05) is 13.1 Å². The lowest BCUT2D eigenvalue weighted by molar-refractivity contribution is -0.140. The predicted molar refractivity (Wildman–Crippen MR) is 121 cm³/mol. The smallest absolute Gasteiger partial charge is 0.417 e. The van der Waals surface area contributed by atoms with Crippen molar-refractivity contribution in [2.45, 2.75) is 54.6 Å². The highest BCUT2D eigenvalue weighted by Gasteiger charge is 2.39. The number of halogens is 3. The summed E-state index contributed by atoms with van der Waals surface area (Å²) in [6, 6.07) is 7.19. The molecular formula is C22H25F3N2O6S2. The summed E-state index contributed by atoms with van der Waals surface area (Å²) < 4.78 is 95.7. The number of carboxylic acid groups (broad SMARTS) is 1. The molecule has 0 bridgehead atoms. The molecule has 0 radical (unpaired) electrons. The first-order valence-electron chi connectivity index (χ1n) is 10.7. The Hall–Kier alpha value is -2.48. The molecule has 0 saturated carbocycles. The second-order valence-corrected chi connectivity index (χ2v) is 12.2. The number of carboxylic acids is 1. The molecule has 1 aliphatic rings. The first-order valence-corrected chi connectivity index (χ1v) is 13.6. The molecule has 2 aromatic carbocycles. The quantitative estimate of drug-likeness (QED) is 0.559. The van der Waals surface area contributed by atoms with Gasteiger partial charge in [0.15, 0.2) is 0 Å². The molecule has 2 aromatic rings. The van der Waals surface area contributed by atoms with Crippen molar-refractivity contribution in [1.29, 1.82) is 0 Å². The molecule has 2 N–H and O–H groups in total. The van der Waals surface area contributed by atoms with E-state index in [9.17, 15) is 34.8 Å². The molecule has 1 heterocycles. The molecule has 0 aromatic heterocycles. The van der Waals surface area contributed by atoms with E-state index < -0.39 is 48.7 Å². The number of rotatable bonds is 7. The van der Waals surface area contributed by atoms with Gasteiger partial charge in [-0.15, -0.1) is 0 Å². The second kappa shape index (κ2) is 9.88. The summed E-state index contributed by atoms with van der Waals surface area (Å²) in [6.07, 6.45) is -4.82. The van der Waals surface area contributed by atoms with Gasteiger partial charge in [0.25, 0.3) is 0 Å². The number of piperidine rings is 1. The zero-order valence-corrected chi connectivity index (χ0v) is 20.5. The Morgan fingerprint density at radius 3 is 2.23 bits per heavy atom. The fraction of sp³-hybridized carbons (Fsp3) is 0.409. The lowest BCUT2D eigenvalue weighted by Gasteiger charge is -2.31. The largest absolute Gasteiger partial charge is 0.478 e. The lowest BCUT2D eigenvalue weighted by atomic mass is 10.0. The lowest BCUT2D eigenvalue weighted by Crippen LogP contribution is -2.46. The minimum Gasteiger partial charge on any atom is -0.478 e. The SMILES string of the molecule is CC(C)c1ccc(S(=O)(=O)NC2CCN(S(=O)(=O)c3cccc(C(=O)O)c3)CC2)c(C(F)(F)F)c1. The van der Waals surface area contributed by atoms with Gasteiger partial charge in [0.2, 0.25) is 20.0 Å². The van der Waals surface area contributed by atoms with Crippen LogP contribution in [-0.2, 0) is 26.2 Å². The molecule has 0 amide bonds. The van der Waals surface area contributed by atoms with E-state index in [1.165, 1.54) is 24.3 Å². The topological polar surface area (TPSA) is 121 Å². The van der Waals surface area contributed by atoms with Crippen LogP contribution in [0, 0.1) is 0 Å². The number of hydrogen-bond donors (Lipinski definition) is 2. The molecule has 8 nitrogen and oxygen atoms in total. The maximum atomic E-state index is 13.6. The third-order valence-corrected chi connectivity index (χ3v) is 9.23. The van der Waals surface area contributed by atoms with Gasteiger partial charge in [-0.3, -0.25) is 0 Å². The summed E-state index contributed by atoms with van der Waals surface area (Å²) in [5.41, 5.74) is -1.10. The van der Waals surface area contributed by atoms with Crippen molar-refractivity contribution >= 4 is 26.0 Å². The van der Waals surface area contributed by atoms with Crippen LogP contribution in [-0.4, -0.2) is 51.3 Å². The zero-order chi connectivity index (χ0) is 26.2. The Morgan fingerprint density at radius 1 is 1.06 bits per heavy atom. The zero-order valence-electron chi connectivity index (χ0n) is 18.9. The molecule has 0 spiro atoms. The summed E-state index contributed by atoms with van der Waals surface area (Å²) in [5.74, 6) is -1.52. The van der Waals surface area contributed by atoms with Crippen molar-refractivity contribution in [2.24, 2.45) is 0 Å². The minimum atomic E-state index is -4.88. The number of hydrogen-bond acceptors (Lipinski definition) is 5. The van der Waals surface area contributed by atoms with Crippen LogP contribution in [0.1, 0.15) is 54.1 Å². The van der Waals surface area contributed by atoms with Crippen LogP contribution in [0.25, 0.3) is 0 Å². The van der Waals surface area contributed by atoms with E-state index in [0.29, 0.717) is 5.56 Å². The normalized spacial score (nSPS) is 16.5. The third-order valence-electron chi connectivity index (χ3n) is 5.76. The fourth-order valence-corrected chi connectivity index (χ4v) is 6.83. The summed E-state index contributed by atoms with van der Waals surface area (Å²) in [4.78, 5) is 10.1. The van der Waals surface area contributed by atoms with Gasteiger partial charge < -0.3 is 5.11 Å². The summed E-state index contributed by atoms with van der Waals surface area (Å²) >= 11 is 0. The van der Waals surface area contributed by atoms with Crippen molar-refractivity contribution < 1.29 is 39.9 Å². The van der Waals surface area contributed by atoms with E-state index in [1.807, 2.05) is 0 Å². The standard InChI is InChI=1S/C22H25F3N2O6S2/c1-14(2)15-6-7-20(19(13-15)22(23,24)25)34(30,31)26-17-8-10-27(11-9-17)35(32,33)18-5-3-4-16(12-18)21(28)29/h3-7,12-14,17,26H,8-11H2,1-2H3,(H,28,29). The van der Waals surface area contributed by atoms with Gasteiger partial charge >= 0.3 is 12.1 Å². The van der Waals surface area contributed by atoms with E-state index >= 15 is 0 Å². The van der Waals surface area contributed by atoms with Crippen molar-refractivity contribution in [3.05, 3.63) is 59.2 Å². The van der Waals surface area contributed by atoms with Crippen LogP contribution in [0.2, 0.25) is 0 Å². The summed E-state index contributed by atoms with van der Waals surface area (Å²) in [7, 11) is -8.57. The summed E-state index contributed by atoms with van der Waals surface area (Å²) in [5, 5.41) is 9.09. The number of benzene rings is 2. The fourth-order valence-electron chi connectivity index (χ4n) is 3.80. The first-order chi connectivity index (χ1) is 16.1. The van der Waals surface area contributed by atoms with Gasteiger partial charge in [0, 0.05) is 19.1 Å². The van der Waals surface area contributed by atoms with Crippen LogP contribution in [0.3, 0.4) is 0 Å². The van der Waals surface area contributed by atoms with E-state index in [-0.39, 0.29) is 42.3 Å². The van der Waals surface area contributed by atoms with Crippen LogP contribution < -0.4 is 4.72 Å². The molecule has 35 heavy (non-hydrogen) atoms. The van der Waals surface area contributed by atoms with Crippen LogP contribution in [0.15, 0.2) is 52.3 Å². The Balaban J connectivity index is 1.77. The molecule has 1 aliphatic heterocycles. The van der Waals surface area contributed by atoms with E-state index in [1.54, 1.807) is 13.8 Å². The molecule has 3 rings (SSSR count). The highest BCUT2D eigenvalue weighted by molar-refractivity contribution is 7.89. The summed E-state index contributed by atoms with van der Waals surface area (Å²) in [6.45, 7) is 3.21. The Kier molecular flexibility index (Phi) is 7.65. The van der Waals surface area contributed by atoms with Gasteiger partial charge in [-0.05, 0) is 54.7 Å². The predicted octanol–water partition coefficient (Wildman–Crippen LogP) is 3.66. The van der Waals surface area contributed by atoms with Gasteiger partial charge in [0.05, 0.1) is 20.9 Å². The first kappa shape index (κ1) is 27.1. The Labute approximate surface area is 201 Å². The number of nitrogens with zero attached hydrogens (tertiary/aromatic N) is 1. The molecule has 0 atom stereocenters. The second-order valence-electron chi connectivity index (χ2n) is 8.54. The molecule has 1 saturated heterocycles. The highest BCUT2D eigenvalue weighted by atomic mass is 32.2. The molecule has 0 aliphatic carbocycles. The van der Waals surface area contributed by atoms with Crippen molar-refractivity contribution in [3.8, 4) is 0 Å². The molecular weight excluding hydrogens is 509 g/mol. The van der Waals surface area contributed by atoms with Crippen LogP contribution in [0.5, 0.6) is 0 Å². The van der Waals surface area contributed by atoms with Crippen molar-refractivity contribution in [1.82, 2.24) is 9.03 Å². The Morgan fingerprint density at radius 2 is 1.69 bits per heavy atom. The maximum Gasteiger partial charge on any atom is 0.417 e. The van der Waals surface area contributed by atoms with Crippen LogP contribution >= 0.6 is 0 Å². The van der Waals surface area contributed by atoms with E-state index in [4.69, 9.17) is 5.11 Å². The monoisotopic (exact) mass is 534 g/mol.